The molecule has 1 fully saturated rings. The van der Waals surface area contributed by atoms with Crippen LogP contribution in [-0.4, -0.2) is 36.1 Å². The van der Waals surface area contributed by atoms with Gasteiger partial charge in [0.15, 0.2) is 0 Å². The number of nitrogens with zero attached hydrogens (tertiary/aromatic N) is 1. The molecule has 1 aliphatic rings. The zero-order valence-electron chi connectivity index (χ0n) is 13.4. The van der Waals surface area contributed by atoms with Gasteiger partial charge in [0.1, 0.15) is 0 Å². The van der Waals surface area contributed by atoms with Crippen molar-refractivity contribution < 1.29 is 0 Å². The largest absolute Gasteiger partial charge is 0.314 e. The molecule has 1 heterocycles. The summed E-state index contributed by atoms with van der Waals surface area (Å²) in [5.41, 5.74) is 0.343. The summed E-state index contributed by atoms with van der Waals surface area (Å²) in [7, 11) is 0. The van der Waals surface area contributed by atoms with E-state index in [1.807, 2.05) is 0 Å². The minimum Gasteiger partial charge on any atom is -0.314 e. The van der Waals surface area contributed by atoms with Gasteiger partial charge in [0, 0.05) is 24.7 Å². The third-order valence-corrected chi connectivity index (χ3v) is 4.07. The van der Waals surface area contributed by atoms with E-state index in [2.05, 4.69) is 51.8 Å². The lowest BCUT2D eigenvalue weighted by atomic mass is 9.96. The molecule has 0 aliphatic carbocycles. The van der Waals surface area contributed by atoms with Crippen LogP contribution in [-0.2, 0) is 0 Å². The minimum absolute atomic E-state index is 0.343. The van der Waals surface area contributed by atoms with Crippen molar-refractivity contribution in [3.63, 3.8) is 0 Å². The molecule has 2 nitrogen and oxygen atoms in total. The maximum Gasteiger partial charge on any atom is 0.0125 e. The fraction of sp³-hybridized carbons (Fsp3) is 1.00. The lowest BCUT2D eigenvalue weighted by Gasteiger charge is -2.41. The number of nitrogens with one attached hydrogen (secondary N) is 1. The van der Waals surface area contributed by atoms with E-state index in [1.54, 1.807) is 0 Å². The summed E-state index contributed by atoms with van der Waals surface area (Å²) in [4.78, 5) is 2.61. The Kier molecular flexibility index (Phi) is 6.13. The van der Waals surface area contributed by atoms with E-state index in [-0.39, 0.29) is 0 Å². The van der Waals surface area contributed by atoms with Crippen LogP contribution in [0.3, 0.4) is 0 Å². The molecule has 0 amide bonds. The molecule has 1 unspecified atom stereocenters. The van der Waals surface area contributed by atoms with Crippen LogP contribution in [0, 0.1) is 11.8 Å². The molecule has 108 valence electrons. The van der Waals surface area contributed by atoms with E-state index in [0.717, 1.165) is 17.9 Å². The number of piperidine rings is 1. The second-order valence-electron chi connectivity index (χ2n) is 7.58. The van der Waals surface area contributed by atoms with Crippen molar-refractivity contribution >= 4 is 0 Å². The van der Waals surface area contributed by atoms with E-state index in [4.69, 9.17) is 0 Å². The quantitative estimate of drug-likeness (QED) is 0.807. The molecule has 0 aromatic carbocycles. The molecule has 18 heavy (non-hydrogen) atoms. The molecule has 1 aliphatic heterocycles. The van der Waals surface area contributed by atoms with Crippen LogP contribution < -0.4 is 5.32 Å². The average molecular weight is 254 g/mol. The first-order chi connectivity index (χ1) is 8.29. The summed E-state index contributed by atoms with van der Waals surface area (Å²) in [5, 5.41) is 3.77. The van der Waals surface area contributed by atoms with Crippen LogP contribution in [0.15, 0.2) is 0 Å². The molecular formula is C16H34N2. The lowest BCUT2D eigenvalue weighted by molar-refractivity contribution is 0.0953. The Morgan fingerprint density at radius 2 is 1.67 bits per heavy atom. The van der Waals surface area contributed by atoms with Crippen molar-refractivity contribution in [2.75, 3.05) is 19.6 Å². The fourth-order valence-corrected chi connectivity index (χ4v) is 3.01. The molecule has 2 heteroatoms. The Labute approximate surface area is 115 Å². The van der Waals surface area contributed by atoms with Gasteiger partial charge in [0.25, 0.3) is 0 Å². The predicted octanol–water partition coefficient (Wildman–Crippen LogP) is 3.52. The first-order valence-electron chi connectivity index (χ1n) is 7.77. The number of rotatable bonds is 5. The average Bonchev–Trinajstić information content (AvgIpc) is 2.25. The van der Waals surface area contributed by atoms with E-state index in [1.165, 1.54) is 38.9 Å². The van der Waals surface area contributed by atoms with E-state index in [9.17, 15) is 0 Å². The molecule has 1 atom stereocenters. The highest BCUT2D eigenvalue weighted by atomic mass is 15.2. The Bertz CT molecular complexity index is 222. The van der Waals surface area contributed by atoms with Gasteiger partial charge in [-0.15, -0.1) is 0 Å². The number of hydrogen-bond donors (Lipinski definition) is 1. The van der Waals surface area contributed by atoms with Gasteiger partial charge in [0.05, 0.1) is 0 Å². The van der Waals surface area contributed by atoms with E-state index in [0.29, 0.717) is 5.54 Å². The zero-order valence-corrected chi connectivity index (χ0v) is 13.4. The second kappa shape index (κ2) is 6.91. The zero-order chi connectivity index (χ0) is 13.8. The third kappa shape index (κ3) is 5.71. The number of likely N-dealkylation sites (tertiary alicyclic amines) is 1. The highest BCUT2D eigenvalue weighted by Crippen LogP contribution is 2.20. The molecular weight excluding hydrogens is 220 g/mol. The molecule has 0 bridgehead atoms. The first kappa shape index (κ1) is 16.0. The summed E-state index contributed by atoms with van der Waals surface area (Å²) < 4.78 is 0. The Morgan fingerprint density at radius 1 is 1.11 bits per heavy atom. The highest BCUT2D eigenvalue weighted by Gasteiger charge is 2.26. The van der Waals surface area contributed by atoms with Crippen LogP contribution in [0.25, 0.3) is 0 Å². The standard InChI is InChI=1S/C16H34N2/c1-13(2)11-14(3)12-17-15-7-9-18(10-8-15)16(4,5)6/h13-15,17H,7-12H2,1-6H3. The monoisotopic (exact) mass is 254 g/mol. The van der Waals surface area contributed by atoms with E-state index < -0.39 is 0 Å². The van der Waals surface area contributed by atoms with Gasteiger partial charge in [-0.3, -0.25) is 4.90 Å². The first-order valence-corrected chi connectivity index (χ1v) is 7.77. The molecule has 0 aromatic heterocycles. The summed E-state index contributed by atoms with van der Waals surface area (Å²) in [6, 6.07) is 0.748. The SMILES string of the molecule is CC(C)CC(C)CNC1CCN(C(C)(C)C)CC1. The normalized spacial score (nSPS) is 21.5. The highest BCUT2D eigenvalue weighted by molar-refractivity contribution is 4.84. The van der Waals surface area contributed by atoms with Gasteiger partial charge in [-0.25, -0.2) is 0 Å². The Hall–Kier alpha value is -0.0800. The van der Waals surface area contributed by atoms with Crippen molar-refractivity contribution in [1.82, 2.24) is 10.2 Å². The summed E-state index contributed by atoms with van der Waals surface area (Å²) in [6.45, 7) is 17.7. The molecule has 1 rings (SSSR count). The Morgan fingerprint density at radius 3 is 2.11 bits per heavy atom. The van der Waals surface area contributed by atoms with Crippen LogP contribution in [0.5, 0.6) is 0 Å². The second-order valence-corrected chi connectivity index (χ2v) is 7.58. The lowest BCUT2D eigenvalue weighted by Crippen LogP contribution is -2.50. The molecule has 0 saturated carbocycles. The van der Waals surface area contributed by atoms with Gasteiger partial charge in [-0.1, -0.05) is 20.8 Å². The molecule has 0 aromatic rings. The van der Waals surface area contributed by atoms with Crippen LogP contribution in [0.4, 0.5) is 0 Å². The summed E-state index contributed by atoms with van der Waals surface area (Å²) >= 11 is 0. The third-order valence-electron chi connectivity index (χ3n) is 4.07. The van der Waals surface area contributed by atoms with Gasteiger partial charge < -0.3 is 5.32 Å². The Balaban J connectivity index is 2.20. The maximum absolute atomic E-state index is 3.77. The van der Waals surface area contributed by atoms with Crippen LogP contribution in [0.2, 0.25) is 0 Å². The van der Waals surface area contributed by atoms with Gasteiger partial charge >= 0.3 is 0 Å². The van der Waals surface area contributed by atoms with Gasteiger partial charge in [0.2, 0.25) is 0 Å². The van der Waals surface area contributed by atoms with Crippen LogP contribution in [0.1, 0.15) is 60.8 Å². The van der Waals surface area contributed by atoms with Gasteiger partial charge in [-0.05, 0) is 58.4 Å². The minimum atomic E-state index is 0.343. The van der Waals surface area contributed by atoms with Gasteiger partial charge in [-0.2, -0.15) is 0 Å². The van der Waals surface area contributed by atoms with Crippen molar-refractivity contribution in [1.29, 1.82) is 0 Å². The topological polar surface area (TPSA) is 15.3 Å². The molecule has 1 saturated heterocycles. The summed E-state index contributed by atoms with van der Waals surface area (Å²) in [5.74, 6) is 1.63. The van der Waals surface area contributed by atoms with Crippen molar-refractivity contribution in [3.8, 4) is 0 Å². The number of hydrogen-bond acceptors (Lipinski definition) is 2. The molecule has 1 N–H and O–H groups in total. The van der Waals surface area contributed by atoms with Crippen LogP contribution >= 0.6 is 0 Å². The smallest absolute Gasteiger partial charge is 0.0125 e. The maximum atomic E-state index is 3.77. The predicted molar refractivity (Wildman–Crippen MR) is 81.0 cm³/mol. The fourth-order valence-electron chi connectivity index (χ4n) is 3.01. The van der Waals surface area contributed by atoms with E-state index >= 15 is 0 Å². The van der Waals surface area contributed by atoms with Crippen molar-refractivity contribution in [2.24, 2.45) is 11.8 Å². The van der Waals surface area contributed by atoms with Crippen molar-refractivity contribution in [3.05, 3.63) is 0 Å². The molecule has 0 spiro atoms. The molecule has 0 radical (unpaired) electrons. The van der Waals surface area contributed by atoms with Crippen molar-refractivity contribution in [2.45, 2.75) is 72.4 Å². The summed E-state index contributed by atoms with van der Waals surface area (Å²) in [6.07, 6.45) is 3.96.